The molecule has 0 bridgehead atoms. The Morgan fingerprint density at radius 1 is 1.29 bits per heavy atom. The summed E-state index contributed by atoms with van der Waals surface area (Å²) in [5.74, 6) is 1.12. The zero-order valence-electron chi connectivity index (χ0n) is 16.4. The third-order valence-electron chi connectivity index (χ3n) is 6.07. The fraction of sp³-hybridized carbons (Fsp3) is 0.600. The lowest BCUT2D eigenvalue weighted by atomic mass is 9.72. The van der Waals surface area contributed by atoms with E-state index in [1.165, 1.54) is 6.92 Å². The summed E-state index contributed by atoms with van der Waals surface area (Å²) in [7, 11) is 0. The van der Waals surface area contributed by atoms with Crippen LogP contribution >= 0.6 is 0 Å². The maximum absolute atomic E-state index is 12.6. The van der Waals surface area contributed by atoms with Crippen molar-refractivity contribution in [2.45, 2.75) is 57.5 Å². The third-order valence-corrected chi connectivity index (χ3v) is 6.07. The van der Waals surface area contributed by atoms with Gasteiger partial charge in [-0.15, -0.1) is 0 Å². The Hall–Kier alpha value is -2.48. The summed E-state index contributed by atoms with van der Waals surface area (Å²) in [6, 6.07) is -0.161. The molecule has 3 atom stereocenters. The quantitative estimate of drug-likeness (QED) is 0.719. The van der Waals surface area contributed by atoms with Gasteiger partial charge in [0.1, 0.15) is 5.82 Å². The number of amides is 1. The lowest BCUT2D eigenvalue weighted by molar-refractivity contribution is -0.132. The van der Waals surface area contributed by atoms with Crippen molar-refractivity contribution < 1.29 is 14.3 Å². The van der Waals surface area contributed by atoms with Gasteiger partial charge in [0.25, 0.3) is 0 Å². The molecule has 4 rings (SSSR count). The van der Waals surface area contributed by atoms with Crippen LogP contribution in [0, 0.1) is 5.92 Å². The fourth-order valence-electron chi connectivity index (χ4n) is 3.98. The van der Waals surface area contributed by atoms with Gasteiger partial charge in [-0.1, -0.05) is 6.58 Å². The Labute approximate surface area is 164 Å². The Kier molecular flexibility index (Phi) is 5.05. The summed E-state index contributed by atoms with van der Waals surface area (Å²) in [5.41, 5.74) is 3.30. The van der Waals surface area contributed by atoms with Crippen LogP contribution in [0.4, 0.5) is 5.82 Å². The van der Waals surface area contributed by atoms with Crippen molar-refractivity contribution in [2.24, 2.45) is 5.92 Å². The lowest BCUT2D eigenvalue weighted by Crippen LogP contribution is -2.47. The van der Waals surface area contributed by atoms with Gasteiger partial charge in [-0.25, -0.2) is 9.97 Å². The number of carbonyl (C=O) groups excluding carboxylic acids is 2. The SMILES string of the molecule is C=c1nc([C@@H]2CC[C@H]2C(=O)NC(C)C(C)=O)nc2c1=CNN2C1CCOCC1. The number of hydrogen-bond acceptors (Lipinski definition) is 7. The van der Waals surface area contributed by atoms with Gasteiger partial charge in [0.05, 0.1) is 22.7 Å². The highest BCUT2D eigenvalue weighted by Gasteiger charge is 2.40. The smallest absolute Gasteiger partial charge is 0.224 e. The van der Waals surface area contributed by atoms with Gasteiger partial charge >= 0.3 is 0 Å². The minimum absolute atomic E-state index is 0.0397. The zero-order valence-corrected chi connectivity index (χ0v) is 16.4. The number of hydrogen-bond donors (Lipinski definition) is 2. The maximum Gasteiger partial charge on any atom is 0.224 e. The molecule has 2 aliphatic heterocycles. The second-order valence-electron chi connectivity index (χ2n) is 7.88. The Bertz CT molecular complexity index is 896. The van der Waals surface area contributed by atoms with Crippen LogP contribution < -0.4 is 26.3 Å². The predicted molar refractivity (Wildman–Crippen MR) is 104 cm³/mol. The zero-order chi connectivity index (χ0) is 19.8. The summed E-state index contributed by atoms with van der Waals surface area (Å²) >= 11 is 0. The van der Waals surface area contributed by atoms with E-state index in [2.05, 4.69) is 27.3 Å². The van der Waals surface area contributed by atoms with Gasteiger partial charge in [0.15, 0.2) is 11.6 Å². The molecule has 1 saturated carbocycles. The second-order valence-corrected chi connectivity index (χ2v) is 7.88. The van der Waals surface area contributed by atoms with Crippen LogP contribution in [0.5, 0.6) is 0 Å². The minimum Gasteiger partial charge on any atom is -0.381 e. The van der Waals surface area contributed by atoms with Crippen LogP contribution in [0.1, 0.15) is 51.3 Å². The number of hydrazine groups is 1. The molecule has 0 spiro atoms. The molecule has 1 aromatic heterocycles. The highest BCUT2D eigenvalue weighted by molar-refractivity contribution is 5.88. The van der Waals surface area contributed by atoms with E-state index in [1.807, 2.05) is 6.20 Å². The first-order valence-corrected chi connectivity index (χ1v) is 9.96. The summed E-state index contributed by atoms with van der Waals surface area (Å²) in [6.45, 7) is 8.77. The molecule has 0 radical (unpaired) electrons. The largest absolute Gasteiger partial charge is 0.381 e. The van der Waals surface area contributed by atoms with E-state index in [9.17, 15) is 9.59 Å². The molecule has 1 aliphatic carbocycles. The van der Waals surface area contributed by atoms with Crippen molar-refractivity contribution in [3.63, 3.8) is 0 Å². The van der Waals surface area contributed by atoms with Crippen LogP contribution in [0.15, 0.2) is 0 Å². The van der Waals surface area contributed by atoms with Gasteiger partial charge < -0.3 is 15.5 Å². The first-order chi connectivity index (χ1) is 13.5. The number of ether oxygens (including phenoxy) is 1. The number of fused-ring (bicyclic) bond motifs is 1. The highest BCUT2D eigenvalue weighted by Crippen LogP contribution is 2.41. The molecule has 3 aliphatic rings. The second kappa shape index (κ2) is 7.50. The van der Waals surface area contributed by atoms with Crippen molar-refractivity contribution in [3.05, 3.63) is 16.4 Å². The molecule has 1 aromatic rings. The van der Waals surface area contributed by atoms with Gasteiger partial charge in [-0.3, -0.25) is 14.6 Å². The van der Waals surface area contributed by atoms with Crippen molar-refractivity contribution in [3.8, 4) is 0 Å². The van der Waals surface area contributed by atoms with Crippen LogP contribution in [0.25, 0.3) is 12.8 Å². The Morgan fingerprint density at radius 2 is 2.04 bits per heavy atom. The molecular formula is C20H27N5O3. The topological polar surface area (TPSA) is 96.5 Å². The van der Waals surface area contributed by atoms with Gasteiger partial charge in [0.2, 0.25) is 5.91 Å². The van der Waals surface area contributed by atoms with Crippen LogP contribution in [0.3, 0.4) is 0 Å². The van der Waals surface area contributed by atoms with Crippen molar-refractivity contribution in [2.75, 3.05) is 18.2 Å². The van der Waals surface area contributed by atoms with E-state index in [0.29, 0.717) is 17.2 Å². The van der Waals surface area contributed by atoms with Crippen LogP contribution in [0.2, 0.25) is 0 Å². The third kappa shape index (κ3) is 3.37. The molecule has 28 heavy (non-hydrogen) atoms. The molecule has 8 nitrogen and oxygen atoms in total. The van der Waals surface area contributed by atoms with Crippen molar-refractivity contribution in [1.82, 2.24) is 20.7 Å². The average molecular weight is 385 g/mol. The number of carbonyl (C=O) groups is 2. The Balaban J connectivity index is 1.56. The minimum atomic E-state index is -0.471. The van der Waals surface area contributed by atoms with E-state index >= 15 is 0 Å². The molecular weight excluding hydrogens is 358 g/mol. The number of nitrogens with zero attached hydrogens (tertiary/aromatic N) is 3. The summed E-state index contributed by atoms with van der Waals surface area (Å²) in [6.07, 6.45) is 5.41. The van der Waals surface area contributed by atoms with Crippen LogP contribution in [-0.4, -0.2) is 47.0 Å². The summed E-state index contributed by atoms with van der Waals surface area (Å²) < 4.78 is 5.47. The molecule has 0 aromatic carbocycles. The summed E-state index contributed by atoms with van der Waals surface area (Å²) in [5, 5.41) is 6.47. The van der Waals surface area contributed by atoms with E-state index in [-0.39, 0.29) is 23.5 Å². The number of Topliss-reactive ketones (excluding diaryl/α,β-unsaturated/α-hetero) is 1. The number of rotatable bonds is 5. The van der Waals surface area contributed by atoms with Gasteiger partial charge in [-0.05, 0) is 39.5 Å². The molecule has 1 amide bonds. The summed E-state index contributed by atoms with van der Waals surface area (Å²) in [4.78, 5) is 33.5. The molecule has 1 saturated heterocycles. The van der Waals surface area contributed by atoms with E-state index in [0.717, 1.165) is 49.9 Å². The predicted octanol–water partition coefficient (Wildman–Crippen LogP) is -0.284. The lowest BCUT2D eigenvalue weighted by Gasteiger charge is -2.36. The number of aromatic nitrogens is 2. The van der Waals surface area contributed by atoms with E-state index in [4.69, 9.17) is 9.72 Å². The first-order valence-electron chi connectivity index (χ1n) is 9.96. The average Bonchev–Trinajstić information content (AvgIpc) is 3.06. The number of nitrogens with one attached hydrogen (secondary N) is 2. The van der Waals surface area contributed by atoms with Gasteiger partial charge in [-0.2, -0.15) is 0 Å². The monoisotopic (exact) mass is 385 g/mol. The standard InChI is InChI=1S/C20H27N5O3/c1-11(13(3)26)23-20(27)16-5-4-15(16)18-22-12(2)17-10-21-25(19(17)24-18)14-6-8-28-9-7-14/h10-11,14-16,21H,2,4-9H2,1,3H3,(H,23,27)/t11?,15-,16-/m1/s1. The normalized spacial score (nSPS) is 25.1. The van der Waals surface area contributed by atoms with Crippen molar-refractivity contribution in [1.29, 1.82) is 0 Å². The number of ketones is 1. The van der Waals surface area contributed by atoms with Crippen LogP contribution in [-0.2, 0) is 14.3 Å². The van der Waals surface area contributed by atoms with E-state index < -0.39 is 6.04 Å². The molecule has 150 valence electrons. The van der Waals surface area contributed by atoms with Gasteiger partial charge in [0, 0.05) is 31.2 Å². The maximum atomic E-state index is 12.6. The first kappa shape index (κ1) is 18.9. The molecule has 2 N–H and O–H groups in total. The molecule has 8 heteroatoms. The number of anilines is 1. The molecule has 1 unspecified atom stereocenters. The highest BCUT2D eigenvalue weighted by atomic mass is 16.5. The van der Waals surface area contributed by atoms with Crippen molar-refractivity contribution >= 4 is 30.3 Å². The Morgan fingerprint density at radius 3 is 2.68 bits per heavy atom. The fourth-order valence-corrected chi connectivity index (χ4v) is 3.98. The molecule has 3 heterocycles. The molecule has 2 fully saturated rings. The van der Waals surface area contributed by atoms with E-state index in [1.54, 1.807) is 6.92 Å².